The topological polar surface area (TPSA) is 79.4 Å². The van der Waals surface area contributed by atoms with Crippen molar-refractivity contribution in [1.82, 2.24) is 25.1 Å². The summed E-state index contributed by atoms with van der Waals surface area (Å²) in [6, 6.07) is 12.3. The maximum absolute atomic E-state index is 13.6. The molecule has 1 aromatic carbocycles. The van der Waals surface area contributed by atoms with E-state index in [2.05, 4.69) is 30.5 Å². The molecule has 0 atom stereocenters. The first-order valence-electron chi connectivity index (χ1n) is 9.76. The van der Waals surface area contributed by atoms with E-state index < -0.39 is 11.7 Å². The number of H-pyrrole nitrogens is 1. The predicted octanol–water partition coefficient (Wildman–Crippen LogP) is 5.57. The van der Waals surface area contributed by atoms with Crippen LogP contribution in [0, 0.1) is 0 Å². The van der Waals surface area contributed by atoms with Crippen molar-refractivity contribution >= 4 is 11.8 Å². The molecule has 0 aliphatic heterocycles. The Labute approximate surface area is 175 Å². The molecule has 5 rings (SSSR count). The van der Waals surface area contributed by atoms with Crippen LogP contribution >= 0.6 is 0 Å². The first kappa shape index (κ1) is 19.2. The minimum Gasteiger partial charge on any atom is -0.307 e. The standard InChI is InChI=1S/C22H17F3N6/c23-22(24,25)16-4-2-1-3-15(16)19-11-17(14-7-9-26-10-8-14)27-21(28-19)29-20-12-18(30-31-20)13-5-6-13/h1-4,7-13H,5-6H2,(H2,27,28,29,30,31). The van der Waals surface area contributed by atoms with Gasteiger partial charge in [-0.2, -0.15) is 18.3 Å². The molecular formula is C22H17F3N6. The van der Waals surface area contributed by atoms with E-state index in [9.17, 15) is 13.2 Å². The van der Waals surface area contributed by atoms with Gasteiger partial charge in [-0.1, -0.05) is 18.2 Å². The zero-order valence-corrected chi connectivity index (χ0v) is 16.2. The third-order valence-electron chi connectivity index (χ3n) is 5.07. The van der Waals surface area contributed by atoms with E-state index >= 15 is 0 Å². The highest BCUT2D eigenvalue weighted by molar-refractivity contribution is 5.72. The lowest BCUT2D eigenvalue weighted by Gasteiger charge is -2.14. The highest BCUT2D eigenvalue weighted by Crippen LogP contribution is 2.40. The number of aromatic nitrogens is 5. The molecule has 0 saturated heterocycles. The molecule has 9 heteroatoms. The number of hydrogen-bond acceptors (Lipinski definition) is 5. The van der Waals surface area contributed by atoms with Crippen molar-refractivity contribution in [2.45, 2.75) is 24.9 Å². The molecule has 3 heterocycles. The van der Waals surface area contributed by atoms with E-state index in [4.69, 9.17) is 0 Å². The van der Waals surface area contributed by atoms with Gasteiger partial charge in [0, 0.05) is 41.2 Å². The smallest absolute Gasteiger partial charge is 0.307 e. The zero-order chi connectivity index (χ0) is 21.4. The summed E-state index contributed by atoms with van der Waals surface area (Å²) in [6.45, 7) is 0. The highest BCUT2D eigenvalue weighted by atomic mass is 19.4. The first-order chi connectivity index (χ1) is 15.0. The van der Waals surface area contributed by atoms with Gasteiger partial charge >= 0.3 is 6.18 Å². The highest BCUT2D eigenvalue weighted by Gasteiger charge is 2.34. The summed E-state index contributed by atoms with van der Waals surface area (Å²) in [6.07, 6.45) is 0.933. The normalized spacial score (nSPS) is 13.9. The van der Waals surface area contributed by atoms with Crippen LogP contribution in [-0.2, 0) is 6.18 Å². The van der Waals surface area contributed by atoms with Crippen LogP contribution in [0.5, 0.6) is 0 Å². The summed E-state index contributed by atoms with van der Waals surface area (Å²) in [5, 5.41) is 10.2. The van der Waals surface area contributed by atoms with Gasteiger partial charge in [-0.3, -0.25) is 10.1 Å². The van der Waals surface area contributed by atoms with Crippen molar-refractivity contribution in [3.8, 4) is 22.5 Å². The molecule has 1 saturated carbocycles. The second kappa shape index (κ2) is 7.50. The fraction of sp³-hybridized carbons (Fsp3) is 0.182. The molecule has 1 aliphatic rings. The van der Waals surface area contributed by atoms with Crippen molar-refractivity contribution in [1.29, 1.82) is 0 Å². The number of nitrogens with one attached hydrogen (secondary N) is 2. The minimum absolute atomic E-state index is 0.0172. The van der Waals surface area contributed by atoms with Gasteiger partial charge in [0.05, 0.1) is 17.0 Å². The van der Waals surface area contributed by atoms with E-state index in [1.807, 2.05) is 6.07 Å². The Morgan fingerprint density at radius 1 is 0.935 bits per heavy atom. The molecule has 2 N–H and O–H groups in total. The van der Waals surface area contributed by atoms with Crippen molar-refractivity contribution in [2.24, 2.45) is 0 Å². The van der Waals surface area contributed by atoms with Gasteiger partial charge in [0.25, 0.3) is 0 Å². The second-order valence-corrected chi connectivity index (χ2v) is 7.35. The molecule has 0 spiro atoms. The minimum atomic E-state index is -4.51. The van der Waals surface area contributed by atoms with Crippen LogP contribution in [0.2, 0.25) is 0 Å². The van der Waals surface area contributed by atoms with E-state index in [0.29, 0.717) is 23.0 Å². The van der Waals surface area contributed by atoms with Crippen LogP contribution < -0.4 is 5.32 Å². The lowest BCUT2D eigenvalue weighted by Crippen LogP contribution is -2.08. The lowest BCUT2D eigenvalue weighted by molar-refractivity contribution is -0.137. The summed E-state index contributed by atoms with van der Waals surface area (Å²) in [4.78, 5) is 12.9. The Bertz CT molecular complexity index is 1220. The van der Waals surface area contributed by atoms with Crippen molar-refractivity contribution < 1.29 is 13.2 Å². The van der Waals surface area contributed by atoms with Gasteiger partial charge in [0.2, 0.25) is 5.95 Å². The SMILES string of the molecule is FC(F)(F)c1ccccc1-c1cc(-c2ccncc2)nc(Nc2cc(C3CC3)[nH]n2)n1. The summed E-state index contributed by atoms with van der Waals surface area (Å²) < 4.78 is 40.8. The molecule has 156 valence electrons. The maximum atomic E-state index is 13.6. The van der Waals surface area contributed by atoms with Gasteiger partial charge in [-0.05, 0) is 37.1 Å². The molecule has 4 aromatic rings. The monoisotopic (exact) mass is 422 g/mol. The summed E-state index contributed by atoms with van der Waals surface area (Å²) in [5.74, 6) is 1.17. The van der Waals surface area contributed by atoms with Crippen LogP contribution in [0.3, 0.4) is 0 Å². The molecule has 31 heavy (non-hydrogen) atoms. The molecule has 0 bridgehead atoms. The van der Waals surface area contributed by atoms with Crippen LogP contribution in [0.15, 0.2) is 60.9 Å². The quantitative estimate of drug-likeness (QED) is 0.440. The van der Waals surface area contributed by atoms with Crippen LogP contribution in [-0.4, -0.2) is 25.1 Å². The van der Waals surface area contributed by atoms with Crippen LogP contribution in [0.4, 0.5) is 24.9 Å². The Morgan fingerprint density at radius 2 is 1.68 bits per heavy atom. The number of benzene rings is 1. The van der Waals surface area contributed by atoms with E-state index in [0.717, 1.165) is 24.6 Å². The molecule has 3 aromatic heterocycles. The first-order valence-corrected chi connectivity index (χ1v) is 9.76. The number of rotatable bonds is 5. The number of aromatic amines is 1. The van der Waals surface area contributed by atoms with Gasteiger partial charge in [0.1, 0.15) is 0 Å². The Kier molecular flexibility index (Phi) is 4.65. The largest absolute Gasteiger partial charge is 0.417 e. The predicted molar refractivity (Wildman–Crippen MR) is 110 cm³/mol. The van der Waals surface area contributed by atoms with Crippen LogP contribution in [0.25, 0.3) is 22.5 Å². The van der Waals surface area contributed by atoms with E-state index in [-0.39, 0.29) is 17.2 Å². The molecule has 1 aliphatic carbocycles. The van der Waals surface area contributed by atoms with Crippen LogP contribution in [0.1, 0.15) is 30.0 Å². The van der Waals surface area contributed by atoms with Gasteiger partial charge in [0.15, 0.2) is 5.82 Å². The van der Waals surface area contributed by atoms with E-state index in [1.54, 1.807) is 36.7 Å². The second-order valence-electron chi connectivity index (χ2n) is 7.35. The number of hydrogen-bond donors (Lipinski definition) is 2. The molecule has 1 fully saturated rings. The summed E-state index contributed by atoms with van der Waals surface area (Å²) >= 11 is 0. The Hall–Kier alpha value is -3.75. The fourth-order valence-corrected chi connectivity index (χ4v) is 3.38. The van der Waals surface area contributed by atoms with Crippen molar-refractivity contribution in [3.63, 3.8) is 0 Å². The zero-order valence-electron chi connectivity index (χ0n) is 16.2. The van der Waals surface area contributed by atoms with Crippen molar-refractivity contribution in [2.75, 3.05) is 5.32 Å². The van der Waals surface area contributed by atoms with Gasteiger partial charge < -0.3 is 5.32 Å². The number of pyridine rings is 1. The number of alkyl halides is 3. The lowest BCUT2D eigenvalue weighted by atomic mass is 10.0. The van der Waals surface area contributed by atoms with Gasteiger partial charge in [-0.25, -0.2) is 9.97 Å². The molecule has 0 radical (unpaired) electrons. The molecule has 0 amide bonds. The summed E-state index contributed by atoms with van der Waals surface area (Å²) in [5.41, 5.74) is 1.61. The third-order valence-corrected chi connectivity index (χ3v) is 5.07. The number of halogens is 3. The Morgan fingerprint density at radius 3 is 2.42 bits per heavy atom. The third kappa shape index (κ3) is 4.11. The van der Waals surface area contributed by atoms with Crippen molar-refractivity contribution in [3.05, 3.63) is 72.2 Å². The maximum Gasteiger partial charge on any atom is 0.417 e. The van der Waals surface area contributed by atoms with E-state index in [1.165, 1.54) is 12.1 Å². The number of nitrogens with zero attached hydrogens (tertiary/aromatic N) is 4. The molecule has 6 nitrogen and oxygen atoms in total. The summed E-state index contributed by atoms with van der Waals surface area (Å²) in [7, 11) is 0. The fourth-order valence-electron chi connectivity index (χ4n) is 3.38. The Balaban J connectivity index is 1.60. The average Bonchev–Trinajstić information content (AvgIpc) is 3.53. The average molecular weight is 422 g/mol. The number of anilines is 2. The molecule has 0 unspecified atom stereocenters. The van der Waals surface area contributed by atoms with Gasteiger partial charge in [-0.15, -0.1) is 0 Å². The molecular weight excluding hydrogens is 405 g/mol.